The summed E-state index contributed by atoms with van der Waals surface area (Å²) in [5, 5.41) is 8.88. The molecule has 2 amide bonds. The molecular weight excluding hydrogens is 313 g/mol. The topological polar surface area (TPSA) is 70.2 Å². The van der Waals surface area contributed by atoms with Gasteiger partial charge in [-0.2, -0.15) is 0 Å². The molecule has 2 rings (SSSR count). The Morgan fingerprint density at radius 1 is 1.33 bits per heavy atom. The van der Waals surface area contributed by atoms with Crippen molar-refractivity contribution in [2.45, 2.75) is 25.3 Å². The van der Waals surface area contributed by atoms with E-state index in [9.17, 15) is 9.59 Å². The molecule has 7 heteroatoms. The number of halogens is 2. The zero-order valence-electron chi connectivity index (χ0n) is 11.7. The quantitative estimate of drug-likeness (QED) is 0.795. The highest BCUT2D eigenvalue weighted by Crippen LogP contribution is 2.21. The van der Waals surface area contributed by atoms with E-state index in [-0.39, 0.29) is 30.3 Å². The molecule has 21 heavy (non-hydrogen) atoms. The van der Waals surface area contributed by atoms with Crippen molar-refractivity contribution in [2.75, 3.05) is 18.9 Å². The number of rotatable bonds is 3. The summed E-state index contributed by atoms with van der Waals surface area (Å²) < 4.78 is 0. The number of carbonyl (C=O) groups excluding carboxylic acids is 2. The first-order valence-corrected chi connectivity index (χ1v) is 7.05. The molecule has 1 fully saturated rings. The molecule has 1 unspecified atom stereocenters. The van der Waals surface area contributed by atoms with Crippen LogP contribution >= 0.6 is 24.0 Å². The van der Waals surface area contributed by atoms with Crippen LogP contribution in [0, 0.1) is 0 Å². The van der Waals surface area contributed by atoms with Crippen molar-refractivity contribution in [3.05, 3.63) is 28.8 Å². The van der Waals surface area contributed by atoms with Crippen LogP contribution in [0.2, 0.25) is 5.02 Å². The predicted octanol–water partition coefficient (Wildman–Crippen LogP) is 2.20. The van der Waals surface area contributed by atoms with Crippen molar-refractivity contribution >= 4 is 41.5 Å². The Hall–Kier alpha value is -1.30. The summed E-state index contributed by atoms with van der Waals surface area (Å²) in [6, 6.07) is 4.72. The summed E-state index contributed by atoms with van der Waals surface area (Å²) in [5.74, 6) is -0.350. The zero-order chi connectivity index (χ0) is 14.5. The van der Waals surface area contributed by atoms with E-state index in [1.54, 1.807) is 18.2 Å². The highest BCUT2D eigenvalue weighted by molar-refractivity contribution is 6.34. The van der Waals surface area contributed by atoms with Crippen LogP contribution in [0.5, 0.6) is 0 Å². The van der Waals surface area contributed by atoms with Crippen LogP contribution in [0.3, 0.4) is 0 Å². The number of nitrogens with one attached hydrogen (secondary N) is 3. The van der Waals surface area contributed by atoms with Crippen LogP contribution in [-0.2, 0) is 4.79 Å². The number of hydrogen-bond acceptors (Lipinski definition) is 3. The first-order chi connectivity index (χ1) is 9.61. The van der Waals surface area contributed by atoms with Crippen LogP contribution in [0.25, 0.3) is 0 Å². The maximum atomic E-state index is 12.1. The SMILES string of the molecule is CNC(=O)c1cc(NC(=O)C2CCCCN2)ccc1Cl.Cl. The first kappa shape index (κ1) is 17.8. The molecule has 1 saturated heterocycles. The van der Waals surface area contributed by atoms with Crippen molar-refractivity contribution in [2.24, 2.45) is 0 Å². The molecule has 1 heterocycles. The van der Waals surface area contributed by atoms with Crippen LogP contribution in [0.15, 0.2) is 18.2 Å². The van der Waals surface area contributed by atoms with Gasteiger partial charge in [0.2, 0.25) is 5.91 Å². The summed E-state index contributed by atoms with van der Waals surface area (Å²) >= 11 is 5.97. The molecule has 3 N–H and O–H groups in total. The number of anilines is 1. The number of piperidine rings is 1. The molecule has 0 bridgehead atoms. The summed E-state index contributed by atoms with van der Waals surface area (Å²) in [6.45, 7) is 0.863. The molecule has 5 nitrogen and oxygen atoms in total. The number of hydrogen-bond donors (Lipinski definition) is 3. The second-order valence-corrected chi connectivity index (χ2v) is 5.17. The third kappa shape index (κ3) is 4.59. The van der Waals surface area contributed by atoms with Gasteiger partial charge in [0.05, 0.1) is 16.6 Å². The van der Waals surface area contributed by atoms with Gasteiger partial charge in [-0.05, 0) is 37.6 Å². The van der Waals surface area contributed by atoms with Gasteiger partial charge >= 0.3 is 0 Å². The standard InChI is InChI=1S/C14H18ClN3O2.ClH/c1-16-13(19)10-8-9(5-6-11(10)15)18-14(20)12-4-2-3-7-17-12;/h5-6,8,12,17H,2-4,7H2,1H3,(H,16,19)(H,18,20);1H. The molecule has 116 valence electrons. The van der Waals surface area contributed by atoms with E-state index in [2.05, 4.69) is 16.0 Å². The Kier molecular flexibility index (Phi) is 6.95. The Balaban J connectivity index is 0.00000220. The highest BCUT2D eigenvalue weighted by atomic mass is 35.5. The van der Waals surface area contributed by atoms with Crippen LogP contribution in [-0.4, -0.2) is 31.4 Å². The van der Waals surface area contributed by atoms with Gasteiger partial charge in [-0.1, -0.05) is 18.0 Å². The maximum Gasteiger partial charge on any atom is 0.252 e. The Morgan fingerprint density at radius 2 is 2.10 bits per heavy atom. The first-order valence-electron chi connectivity index (χ1n) is 6.67. The van der Waals surface area contributed by atoms with E-state index in [4.69, 9.17) is 11.6 Å². The van der Waals surface area contributed by atoms with Gasteiger partial charge in [0.25, 0.3) is 5.91 Å². The molecule has 0 aromatic heterocycles. The van der Waals surface area contributed by atoms with Gasteiger partial charge in [-0.15, -0.1) is 12.4 Å². The van der Waals surface area contributed by atoms with Gasteiger partial charge in [0, 0.05) is 12.7 Å². The molecule has 1 aromatic carbocycles. The number of benzene rings is 1. The minimum absolute atomic E-state index is 0. The van der Waals surface area contributed by atoms with Crippen molar-refractivity contribution in [1.29, 1.82) is 0 Å². The van der Waals surface area contributed by atoms with Crippen molar-refractivity contribution in [1.82, 2.24) is 10.6 Å². The van der Waals surface area contributed by atoms with Gasteiger partial charge in [0.15, 0.2) is 0 Å². The Bertz CT molecular complexity index is 517. The molecule has 1 aromatic rings. The van der Waals surface area contributed by atoms with Crippen LogP contribution in [0.4, 0.5) is 5.69 Å². The van der Waals surface area contributed by atoms with E-state index >= 15 is 0 Å². The van der Waals surface area contributed by atoms with Gasteiger partial charge in [0.1, 0.15) is 0 Å². The van der Waals surface area contributed by atoms with Crippen LogP contribution in [0.1, 0.15) is 29.6 Å². The van der Waals surface area contributed by atoms with E-state index in [1.165, 1.54) is 7.05 Å². The molecule has 0 radical (unpaired) electrons. The fourth-order valence-corrected chi connectivity index (χ4v) is 2.42. The fraction of sp³-hybridized carbons (Fsp3) is 0.429. The second kappa shape index (κ2) is 8.22. The monoisotopic (exact) mass is 331 g/mol. The molecular formula is C14H19Cl2N3O2. The third-order valence-corrected chi connectivity index (χ3v) is 3.66. The average Bonchev–Trinajstić information content (AvgIpc) is 2.49. The maximum absolute atomic E-state index is 12.1. The summed E-state index contributed by atoms with van der Waals surface area (Å²) in [6.07, 6.45) is 2.99. The third-order valence-electron chi connectivity index (χ3n) is 3.33. The highest BCUT2D eigenvalue weighted by Gasteiger charge is 2.20. The summed E-state index contributed by atoms with van der Waals surface area (Å²) in [5.41, 5.74) is 0.925. The fourth-order valence-electron chi connectivity index (χ4n) is 2.22. The molecule has 0 spiro atoms. The van der Waals surface area contributed by atoms with Crippen molar-refractivity contribution in [3.8, 4) is 0 Å². The predicted molar refractivity (Wildman–Crippen MR) is 86.4 cm³/mol. The van der Waals surface area contributed by atoms with E-state index in [0.29, 0.717) is 16.3 Å². The zero-order valence-corrected chi connectivity index (χ0v) is 13.3. The molecule has 0 saturated carbocycles. The van der Waals surface area contributed by atoms with Gasteiger partial charge < -0.3 is 16.0 Å². The largest absolute Gasteiger partial charge is 0.355 e. The minimum atomic E-state index is -0.276. The number of carbonyl (C=O) groups is 2. The molecule has 1 atom stereocenters. The number of amides is 2. The van der Waals surface area contributed by atoms with Gasteiger partial charge in [-0.25, -0.2) is 0 Å². The Labute approximate surface area is 135 Å². The lowest BCUT2D eigenvalue weighted by molar-refractivity contribution is -0.118. The minimum Gasteiger partial charge on any atom is -0.355 e. The molecule has 1 aliphatic rings. The average molecular weight is 332 g/mol. The lowest BCUT2D eigenvalue weighted by Gasteiger charge is -2.22. The molecule has 0 aliphatic carbocycles. The van der Waals surface area contributed by atoms with E-state index < -0.39 is 0 Å². The second-order valence-electron chi connectivity index (χ2n) is 4.77. The summed E-state index contributed by atoms with van der Waals surface area (Å²) in [7, 11) is 1.54. The summed E-state index contributed by atoms with van der Waals surface area (Å²) in [4.78, 5) is 23.7. The van der Waals surface area contributed by atoms with Crippen molar-refractivity contribution < 1.29 is 9.59 Å². The van der Waals surface area contributed by atoms with Crippen LogP contribution < -0.4 is 16.0 Å². The lowest BCUT2D eigenvalue weighted by Crippen LogP contribution is -2.43. The van der Waals surface area contributed by atoms with E-state index in [0.717, 1.165) is 25.8 Å². The lowest BCUT2D eigenvalue weighted by atomic mass is 10.0. The van der Waals surface area contributed by atoms with Crippen molar-refractivity contribution in [3.63, 3.8) is 0 Å². The normalized spacial score (nSPS) is 17.5. The molecule has 1 aliphatic heterocycles. The van der Waals surface area contributed by atoms with Gasteiger partial charge in [-0.3, -0.25) is 9.59 Å². The smallest absolute Gasteiger partial charge is 0.252 e. The Morgan fingerprint density at radius 3 is 2.71 bits per heavy atom. The van der Waals surface area contributed by atoms with E-state index in [1.807, 2.05) is 0 Å².